The van der Waals surface area contributed by atoms with Crippen LogP contribution in [0, 0.1) is 5.82 Å². The molecule has 1 saturated carbocycles. The minimum absolute atomic E-state index is 0.194. The fraction of sp³-hybridized carbons (Fsp3) is 0.375. The van der Waals surface area contributed by atoms with Crippen LogP contribution in [0.5, 0.6) is 0 Å². The molecule has 1 fully saturated rings. The SMILES string of the molecule is OC1(c2ncccc2F)CC1. The van der Waals surface area contributed by atoms with Crippen molar-refractivity contribution in [1.29, 1.82) is 0 Å². The van der Waals surface area contributed by atoms with Crippen LogP contribution in [0.15, 0.2) is 18.3 Å². The number of pyridine rings is 1. The van der Waals surface area contributed by atoms with Gasteiger partial charge in [0.2, 0.25) is 0 Å². The van der Waals surface area contributed by atoms with Gasteiger partial charge in [-0.2, -0.15) is 0 Å². The van der Waals surface area contributed by atoms with E-state index in [2.05, 4.69) is 4.98 Å². The summed E-state index contributed by atoms with van der Waals surface area (Å²) in [6, 6.07) is 2.84. The van der Waals surface area contributed by atoms with E-state index in [1.54, 1.807) is 0 Å². The van der Waals surface area contributed by atoms with Crippen LogP contribution in [0.3, 0.4) is 0 Å². The van der Waals surface area contributed by atoms with Gasteiger partial charge in [0, 0.05) is 6.20 Å². The topological polar surface area (TPSA) is 33.1 Å². The normalized spacial score (nSPS) is 19.8. The summed E-state index contributed by atoms with van der Waals surface area (Å²) in [7, 11) is 0. The highest BCUT2D eigenvalue weighted by molar-refractivity contribution is 5.20. The average molecular weight is 153 g/mol. The lowest BCUT2D eigenvalue weighted by molar-refractivity contribution is 0.141. The monoisotopic (exact) mass is 153 g/mol. The number of aliphatic hydroxyl groups is 1. The zero-order valence-electron chi connectivity index (χ0n) is 5.92. The first-order valence-corrected chi connectivity index (χ1v) is 3.56. The largest absolute Gasteiger partial charge is 0.383 e. The fourth-order valence-corrected chi connectivity index (χ4v) is 1.08. The van der Waals surface area contributed by atoms with Crippen LogP contribution >= 0.6 is 0 Å². The lowest BCUT2D eigenvalue weighted by Crippen LogP contribution is -2.09. The van der Waals surface area contributed by atoms with E-state index in [0.29, 0.717) is 12.8 Å². The molecule has 1 aromatic heterocycles. The molecule has 2 rings (SSSR count). The Morgan fingerprint density at radius 3 is 2.82 bits per heavy atom. The molecule has 0 radical (unpaired) electrons. The van der Waals surface area contributed by atoms with Crippen molar-refractivity contribution < 1.29 is 9.50 Å². The minimum atomic E-state index is -0.953. The third-order valence-electron chi connectivity index (χ3n) is 1.92. The van der Waals surface area contributed by atoms with Crippen molar-refractivity contribution in [2.45, 2.75) is 18.4 Å². The molecule has 1 aliphatic rings. The molecule has 2 nitrogen and oxygen atoms in total. The molecule has 58 valence electrons. The summed E-state index contributed by atoms with van der Waals surface area (Å²) >= 11 is 0. The summed E-state index contributed by atoms with van der Waals surface area (Å²) in [6.45, 7) is 0. The second-order valence-electron chi connectivity index (χ2n) is 2.87. The van der Waals surface area contributed by atoms with E-state index in [4.69, 9.17) is 0 Å². The number of halogens is 1. The maximum absolute atomic E-state index is 12.9. The molecule has 0 atom stereocenters. The van der Waals surface area contributed by atoms with E-state index in [1.165, 1.54) is 18.3 Å². The Kier molecular flexibility index (Phi) is 1.23. The standard InChI is InChI=1S/C8H8FNO/c9-6-2-1-5-10-7(6)8(11)3-4-8/h1-2,5,11H,3-4H2. The highest BCUT2D eigenvalue weighted by Gasteiger charge is 2.45. The van der Waals surface area contributed by atoms with Crippen LogP contribution in [0.4, 0.5) is 4.39 Å². The Hall–Kier alpha value is -0.960. The highest BCUT2D eigenvalue weighted by Crippen LogP contribution is 2.44. The summed E-state index contributed by atoms with van der Waals surface area (Å²) in [5, 5.41) is 9.48. The Morgan fingerprint density at radius 1 is 1.55 bits per heavy atom. The molecule has 1 N–H and O–H groups in total. The van der Waals surface area contributed by atoms with Gasteiger partial charge in [0.1, 0.15) is 17.1 Å². The third-order valence-corrected chi connectivity index (χ3v) is 1.92. The maximum atomic E-state index is 12.9. The number of hydrogen-bond acceptors (Lipinski definition) is 2. The summed E-state index contributed by atoms with van der Waals surface area (Å²) in [5.41, 5.74) is -0.759. The van der Waals surface area contributed by atoms with Crippen molar-refractivity contribution in [2.75, 3.05) is 0 Å². The van der Waals surface area contributed by atoms with Crippen molar-refractivity contribution in [3.05, 3.63) is 29.8 Å². The van der Waals surface area contributed by atoms with Crippen LogP contribution in [0.25, 0.3) is 0 Å². The molecule has 1 aliphatic carbocycles. The van der Waals surface area contributed by atoms with Gasteiger partial charge in [0.25, 0.3) is 0 Å². The number of rotatable bonds is 1. The zero-order chi connectivity index (χ0) is 7.90. The first-order valence-electron chi connectivity index (χ1n) is 3.56. The predicted octanol–water partition coefficient (Wildman–Crippen LogP) is 1.20. The molecular weight excluding hydrogens is 145 g/mol. The summed E-state index contributed by atoms with van der Waals surface area (Å²) in [6.07, 6.45) is 2.75. The van der Waals surface area contributed by atoms with Crippen LogP contribution in [-0.4, -0.2) is 10.1 Å². The number of aromatic nitrogens is 1. The lowest BCUT2D eigenvalue weighted by Gasteiger charge is -2.05. The van der Waals surface area contributed by atoms with E-state index in [9.17, 15) is 9.50 Å². The zero-order valence-corrected chi connectivity index (χ0v) is 5.92. The fourth-order valence-electron chi connectivity index (χ4n) is 1.08. The Labute approximate surface area is 63.7 Å². The molecule has 0 aliphatic heterocycles. The summed E-state index contributed by atoms with van der Waals surface area (Å²) < 4.78 is 12.9. The molecule has 1 aromatic rings. The van der Waals surface area contributed by atoms with Gasteiger partial charge >= 0.3 is 0 Å². The smallest absolute Gasteiger partial charge is 0.147 e. The first kappa shape index (κ1) is 6.73. The van der Waals surface area contributed by atoms with Crippen LogP contribution in [0.1, 0.15) is 18.5 Å². The van der Waals surface area contributed by atoms with E-state index >= 15 is 0 Å². The van der Waals surface area contributed by atoms with E-state index < -0.39 is 11.4 Å². The van der Waals surface area contributed by atoms with E-state index in [-0.39, 0.29) is 5.69 Å². The van der Waals surface area contributed by atoms with Crippen molar-refractivity contribution >= 4 is 0 Å². The molecule has 11 heavy (non-hydrogen) atoms. The van der Waals surface area contributed by atoms with Gasteiger partial charge in [-0.15, -0.1) is 0 Å². The molecule has 0 spiro atoms. The summed E-state index contributed by atoms with van der Waals surface area (Å²) in [5.74, 6) is -0.410. The second-order valence-corrected chi connectivity index (χ2v) is 2.87. The van der Waals surface area contributed by atoms with Crippen molar-refractivity contribution in [3.8, 4) is 0 Å². The van der Waals surface area contributed by atoms with Crippen molar-refractivity contribution in [3.63, 3.8) is 0 Å². The Balaban J connectivity index is 2.45. The summed E-state index contributed by atoms with van der Waals surface area (Å²) in [4.78, 5) is 3.79. The number of hydrogen-bond donors (Lipinski definition) is 1. The molecule has 1 heterocycles. The van der Waals surface area contributed by atoms with Crippen LogP contribution in [-0.2, 0) is 5.60 Å². The van der Waals surface area contributed by atoms with Crippen molar-refractivity contribution in [2.24, 2.45) is 0 Å². The van der Waals surface area contributed by atoms with Gasteiger partial charge in [0.15, 0.2) is 0 Å². The minimum Gasteiger partial charge on any atom is -0.383 e. The maximum Gasteiger partial charge on any atom is 0.147 e. The average Bonchev–Trinajstić information content (AvgIpc) is 2.70. The number of nitrogens with zero attached hydrogens (tertiary/aromatic N) is 1. The molecule has 3 heteroatoms. The van der Waals surface area contributed by atoms with Crippen LogP contribution in [0.2, 0.25) is 0 Å². The third kappa shape index (κ3) is 1.01. The van der Waals surface area contributed by atoms with Crippen molar-refractivity contribution in [1.82, 2.24) is 4.98 Å². The molecule has 0 aromatic carbocycles. The predicted molar refractivity (Wildman–Crippen MR) is 37.3 cm³/mol. The molecule has 0 unspecified atom stereocenters. The van der Waals surface area contributed by atoms with Gasteiger partial charge in [-0.05, 0) is 25.0 Å². The lowest BCUT2D eigenvalue weighted by atomic mass is 10.2. The quantitative estimate of drug-likeness (QED) is 0.657. The second kappa shape index (κ2) is 2.01. The highest BCUT2D eigenvalue weighted by atomic mass is 19.1. The molecule has 0 bridgehead atoms. The van der Waals surface area contributed by atoms with Crippen LogP contribution < -0.4 is 0 Å². The van der Waals surface area contributed by atoms with Gasteiger partial charge < -0.3 is 5.11 Å². The van der Waals surface area contributed by atoms with E-state index in [1.807, 2.05) is 0 Å². The van der Waals surface area contributed by atoms with Gasteiger partial charge in [0.05, 0.1) is 0 Å². The molecule has 0 saturated heterocycles. The van der Waals surface area contributed by atoms with Gasteiger partial charge in [-0.25, -0.2) is 4.39 Å². The van der Waals surface area contributed by atoms with Gasteiger partial charge in [-0.1, -0.05) is 0 Å². The van der Waals surface area contributed by atoms with Gasteiger partial charge in [-0.3, -0.25) is 4.98 Å². The Morgan fingerprint density at radius 2 is 2.27 bits per heavy atom. The van der Waals surface area contributed by atoms with E-state index in [0.717, 1.165) is 0 Å². The molecular formula is C8H8FNO. The molecule has 0 amide bonds. The first-order chi connectivity index (χ1) is 5.22. The Bertz CT molecular complexity index is 283.